The summed E-state index contributed by atoms with van der Waals surface area (Å²) in [4.78, 5) is 0. The Morgan fingerprint density at radius 2 is 2.06 bits per heavy atom. The molecule has 0 heterocycles. The maximum atomic E-state index is 13.5. The molecule has 90 valence electrons. The van der Waals surface area contributed by atoms with Crippen molar-refractivity contribution in [2.75, 3.05) is 7.11 Å². The fraction of sp³-hybridized carbons (Fsp3) is 0.455. The van der Waals surface area contributed by atoms with Crippen LogP contribution in [0.5, 0.6) is 5.75 Å². The third kappa shape index (κ3) is 2.88. The lowest BCUT2D eigenvalue weighted by Crippen LogP contribution is -2.46. The quantitative estimate of drug-likeness (QED) is 0.866. The molecule has 0 radical (unpaired) electrons. The van der Waals surface area contributed by atoms with E-state index < -0.39 is 17.8 Å². The van der Waals surface area contributed by atoms with Gasteiger partial charge in [-0.25, -0.2) is 13.2 Å². The van der Waals surface area contributed by atoms with Crippen molar-refractivity contribution < 1.29 is 17.9 Å². The monoisotopic (exact) mass is 233 g/mol. The topological polar surface area (TPSA) is 35.2 Å². The van der Waals surface area contributed by atoms with Crippen LogP contribution in [0.2, 0.25) is 0 Å². The van der Waals surface area contributed by atoms with Gasteiger partial charge in [0, 0.05) is 6.07 Å². The molecule has 0 amide bonds. The molecular weight excluding hydrogens is 219 g/mol. The normalized spacial score (nSPS) is 14.9. The van der Waals surface area contributed by atoms with Crippen molar-refractivity contribution in [3.05, 3.63) is 29.6 Å². The van der Waals surface area contributed by atoms with Crippen molar-refractivity contribution in [2.24, 2.45) is 5.73 Å². The van der Waals surface area contributed by atoms with Gasteiger partial charge in [-0.05, 0) is 25.0 Å². The number of benzene rings is 1. The molecule has 1 atom stereocenters. The number of alkyl halides is 2. The minimum absolute atomic E-state index is 0.158. The molecule has 0 saturated heterocycles. The predicted molar refractivity (Wildman–Crippen MR) is 55.3 cm³/mol. The summed E-state index contributed by atoms with van der Waals surface area (Å²) in [6.45, 7) is 1.20. The summed E-state index contributed by atoms with van der Waals surface area (Å²) in [7, 11) is 1.40. The second-order valence-corrected chi connectivity index (χ2v) is 3.94. The number of ether oxygens (including phenoxy) is 1. The maximum Gasteiger partial charge on any atom is 0.256 e. The lowest BCUT2D eigenvalue weighted by molar-refractivity contribution is 0.0635. The first-order valence-corrected chi connectivity index (χ1v) is 4.76. The van der Waals surface area contributed by atoms with Crippen molar-refractivity contribution in [3.8, 4) is 5.75 Å². The van der Waals surface area contributed by atoms with Gasteiger partial charge >= 0.3 is 0 Å². The van der Waals surface area contributed by atoms with E-state index in [1.54, 1.807) is 0 Å². The number of halogens is 3. The third-order valence-corrected chi connectivity index (χ3v) is 2.33. The maximum absolute atomic E-state index is 13.5. The van der Waals surface area contributed by atoms with Gasteiger partial charge in [0.2, 0.25) is 0 Å². The van der Waals surface area contributed by atoms with Crippen LogP contribution >= 0.6 is 0 Å². The smallest absolute Gasteiger partial charge is 0.256 e. The van der Waals surface area contributed by atoms with E-state index in [2.05, 4.69) is 0 Å². The van der Waals surface area contributed by atoms with Crippen LogP contribution in [0.15, 0.2) is 18.2 Å². The molecule has 0 bridgehead atoms. The highest BCUT2D eigenvalue weighted by Crippen LogP contribution is 2.22. The molecule has 0 aromatic heterocycles. The fourth-order valence-electron chi connectivity index (χ4n) is 1.29. The zero-order chi connectivity index (χ0) is 12.3. The van der Waals surface area contributed by atoms with Crippen LogP contribution in [0.4, 0.5) is 13.2 Å². The van der Waals surface area contributed by atoms with Gasteiger partial charge in [0.05, 0.1) is 12.6 Å². The highest BCUT2D eigenvalue weighted by atomic mass is 19.3. The summed E-state index contributed by atoms with van der Waals surface area (Å²) in [6.07, 6.45) is -2.92. The van der Waals surface area contributed by atoms with Crippen LogP contribution < -0.4 is 10.5 Å². The van der Waals surface area contributed by atoms with Gasteiger partial charge in [0.15, 0.2) is 0 Å². The second-order valence-electron chi connectivity index (χ2n) is 3.94. The molecule has 1 unspecified atom stereocenters. The van der Waals surface area contributed by atoms with E-state index in [4.69, 9.17) is 10.5 Å². The Labute approximate surface area is 92.2 Å². The predicted octanol–water partition coefficient (Wildman–Crippen LogP) is 2.36. The van der Waals surface area contributed by atoms with Gasteiger partial charge in [-0.3, -0.25) is 0 Å². The van der Waals surface area contributed by atoms with E-state index in [0.29, 0.717) is 5.75 Å². The molecule has 1 aromatic carbocycles. The van der Waals surface area contributed by atoms with Crippen molar-refractivity contribution in [1.29, 1.82) is 0 Å². The number of nitrogens with two attached hydrogens (primary N) is 1. The number of hydrogen-bond acceptors (Lipinski definition) is 2. The summed E-state index contributed by atoms with van der Waals surface area (Å²) in [5.41, 5.74) is 3.81. The molecule has 2 N–H and O–H groups in total. The van der Waals surface area contributed by atoms with Crippen LogP contribution in [-0.2, 0) is 6.42 Å². The summed E-state index contributed by atoms with van der Waals surface area (Å²) in [5.74, 6) is -0.242. The highest BCUT2D eigenvalue weighted by Gasteiger charge is 2.31. The zero-order valence-corrected chi connectivity index (χ0v) is 9.14. The summed E-state index contributed by atoms with van der Waals surface area (Å²) < 4.78 is 43.3. The van der Waals surface area contributed by atoms with E-state index in [1.807, 2.05) is 0 Å². The fourth-order valence-corrected chi connectivity index (χ4v) is 1.29. The Morgan fingerprint density at radius 1 is 1.44 bits per heavy atom. The largest absolute Gasteiger partial charge is 0.497 e. The average Bonchev–Trinajstić information content (AvgIpc) is 2.20. The lowest BCUT2D eigenvalue weighted by Gasteiger charge is -2.23. The molecule has 0 aliphatic carbocycles. The zero-order valence-electron chi connectivity index (χ0n) is 9.14. The molecule has 0 spiro atoms. The Balaban J connectivity index is 2.90. The van der Waals surface area contributed by atoms with Gasteiger partial charge in [-0.2, -0.15) is 0 Å². The first kappa shape index (κ1) is 12.8. The molecule has 0 aliphatic heterocycles. The minimum atomic E-state index is -2.70. The Hall–Kier alpha value is -1.23. The Bertz CT molecular complexity index is 366. The van der Waals surface area contributed by atoms with Crippen LogP contribution in [0.3, 0.4) is 0 Å². The van der Waals surface area contributed by atoms with Gasteiger partial charge in [0.1, 0.15) is 11.6 Å². The van der Waals surface area contributed by atoms with Crippen LogP contribution in [-0.4, -0.2) is 19.1 Å². The first-order chi connectivity index (χ1) is 7.36. The van der Waals surface area contributed by atoms with Gasteiger partial charge in [-0.15, -0.1) is 0 Å². The molecule has 0 fully saturated rings. The molecule has 2 nitrogen and oxygen atoms in total. The van der Waals surface area contributed by atoms with E-state index in [-0.39, 0.29) is 12.0 Å². The Morgan fingerprint density at radius 3 is 2.50 bits per heavy atom. The van der Waals surface area contributed by atoms with Crippen molar-refractivity contribution >= 4 is 0 Å². The third-order valence-electron chi connectivity index (χ3n) is 2.33. The molecule has 0 saturated carbocycles. The van der Waals surface area contributed by atoms with E-state index in [1.165, 1.54) is 26.2 Å². The minimum Gasteiger partial charge on any atom is -0.497 e. The average molecular weight is 233 g/mol. The SMILES string of the molecule is COc1ccc(CC(C)(N)C(F)F)c(F)c1. The molecule has 0 aliphatic rings. The van der Waals surface area contributed by atoms with Crippen LogP contribution in [0.25, 0.3) is 0 Å². The standard InChI is InChI=1S/C11H14F3NO/c1-11(15,10(13)14)6-7-3-4-8(16-2)5-9(7)12/h3-5,10H,6,15H2,1-2H3. The van der Waals surface area contributed by atoms with Gasteiger partial charge in [-0.1, -0.05) is 6.07 Å². The second kappa shape index (κ2) is 4.74. The number of hydrogen-bond donors (Lipinski definition) is 1. The van der Waals surface area contributed by atoms with Gasteiger partial charge < -0.3 is 10.5 Å². The molecule has 5 heteroatoms. The molecule has 16 heavy (non-hydrogen) atoms. The Kier molecular flexibility index (Phi) is 3.80. The van der Waals surface area contributed by atoms with Crippen LogP contribution in [0, 0.1) is 5.82 Å². The van der Waals surface area contributed by atoms with Gasteiger partial charge in [0.25, 0.3) is 6.43 Å². The van der Waals surface area contributed by atoms with Crippen molar-refractivity contribution in [2.45, 2.75) is 25.3 Å². The van der Waals surface area contributed by atoms with Crippen LogP contribution in [0.1, 0.15) is 12.5 Å². The molecular formula is C11H14F3NO. The van der Waals surface area contributed by atoms with Crippen molar-refractivity contribution in [1.82, 2.24) is 0 Å². The number of rotatable bonds is 4. The van der Waals surface area contributed by atoms with E-state index in [0.717, 1.165) is 6.07 Å². The first-order valence-electron chi connectivity index (χ1n) is 4.76. The number of methoxy groups -OCH3 is 1. The lowest BCUT2D eigenvalue weighted by atomic mass is 9.94. The van der Waals surface area contributed by atoms with Crippen molar-refractivity contribution in [3.63, 3.8) is 0 Å². The molecule has 1 rings (SSSR count). The summed E-state index contributed by atoms with van der Waals surface area (Å²) in [6, 6.07) is 4.07. The summed E-state index contributed by atoms with van der Waals surface area (Å²) >= 11 is 0. The van der Waals surface area contributed by atoms with E-state index in [9.17, 15) is 13.2 Å². The highest BCUT2D eigenvalue weighted by molar-refractivity contribution is 5.30. The van der Waals surface area contributed by atoms with E-state index >= 15 is 0 Å². The molecule has 1 aromatic rings. The summed E-state index contributed by atoms with van der Waals surface area (Å²) in [5, 5.41) is 0.